The van der Waals surface area contributed by atoms with Gasteiger partial charge in [-0.15, -0.1) is 11.6 Å². The van der Waals surface area contributed by atoms with Crippen LogP contribution in [0.1, 0.15) is 50.2 Å². The maximum absolute atomic E-state index is 6.37. The lowest BCUT2D eigenvalue weighted by atomic mass is 9.88. The minimum absolute atomic E-state index is 0.0957. The van der Waals surface area contributed by atoms with E-state index in [0.717, 1.165) is 23.5 Å². The van der Waals surface area contributed by atoms with Gasteiger partial charge in [0.25, 0.3) is 0 Å². The molecule has 3 rings (SSSR count). The summed E-state index contributed by atoms with van der Waals surface area (Å²) in [4.78, 5) is 9.25. The lowest BCUT2D eigenvalue weighted by Crippen LogP contribution is -2.33. The lowest BCUT2D eigenvalue weighted by Gasteiger charge is -2.36. The largest absolute Gasteiger partial charge is 0.310 e. The molecule has 0 N–H and O–H groups in total. The molecular formula is C16H22ClN3S. The van der Waals surface area contributed by atoms with Gasteiger partial charge in [0, 0.05) is 17.5 Å². The quantitative estimate of drug-likeness (QED) is 0.757. The predicted molar refractivity (Wildman–Crippen MR) is 91.1 cm³/mol. The number of rotatable bonds is 4. The van der Waals surface area contributed by atoms with Crippen molar-refractivity contribution in [2.24, 2.45) is 0 Å². The van der Waals surface area contributed by atoms with Crippen molar-refractivity contribution in [3.8, 4) is 0 Å². The van der Waals surface area contributed by atoms with Crippen LogP contribution in [0.2, 0.25) is 0 Å². The van der Waals surface area contributed by atoms with Crippen LogP contribution < -0.4 is 0 Å². The SMILES string of the molecule is CSC1(Cn2c(C(C)Cl)nc3cccnc32)CCCCC1. The van der Waals surface area contributed by atoms with Crippen molar-refractivity contribution >= 4 is 34.5 Å². The maximum Gasteiger partial charge on any atom is 0.160 e. The molecule has 1 atom stereocenters. The molecule has 1 aliphatic carbocycles. The molecule has 1 saturated carbocycles. The molecule has 2 aromatic heterocycles. The Morgan fingerprint density at radius 1 is 1.38 bits per heavy atom. The summed E-state index contributed by atoms with van der Waals surface area (Å²) in [6.07, 6.45) is 10.6. The van der Waals surface area contributed by atoms with E-state index in [1.165, 1.54) is 32.1 Å². The van der Waals surface area contributed by atoms with E-state index in [-0.39, 0.29) is 5.38 Å². The van der Waals surface area contributed by atoms with Gasteiger partial charge in [0.05, 0.1) is 5.38 Å². The van der Waals surface area contributed by atoms with Crippen LogP contribution in [0.15, 0.2) is 18.3 Å². The molecule has 5 heteroatoms. The van der Waals surface area contributed by atoms with Gasteiger partial charge >= 0.3 is 0 Å². The van der Waals surface area contributed by atoms with Gasteiger partial charge in [-0.1, -0.05) is 19.3 Å². The zero-order valence-electron chi connectivity index (χ0n) is 12.7. The summed E-state index contributed by atoms with van der Waals surface area (Å²) >= 11 is 8.37. The minimum atomic E-state index is -0.0957. The third kappa shape index (κ3) is 2.93. The molecule has 2 heterocycles. The van der Waals surface area contributed by atoms with E-state index in [4.69, 9.17) is 16.6 Å². The molecule has 1 fully saturated rings. The van der Waals surface area contributed by atoms with Crippen LogP contribution in [0.25, 0.3) is 11.2 Å². The van der Waals surface area contributed by atoms with Gasteiger partial charge in [-0.05, 0) is 38.2 Å². The Labute approximate surface area is 135 Å². The number of halogens is 1. The fraction of sp³-hybridized carbons (Fsp3) is 0.625. The lowest BCUT2D eigenvalue weighted by molar-refractivity contribution is 0.357. The Morgan fingerprint density at radius 2 is 2.14 bits per heavy atom. The average molecular weight is 324 g/mol. The number of aromatic nitrogens is 3. The van der Waals surface area contributed by atoms with E-state index in [1.54, 1.807) is 0 Å². The number of hydrogen-bond donors (Lipinski definition) is 0. The minimum Gasteiger partial charge on any atom is -0.310 e. The van der Waals surface area contributed by atoms with E-state index >= 15 is 0 Å². The summed E-state index contributed by atoms with van der Waals surface area (Å²) in [5.41, 5.74) is 1.92. The number of imidazole rings is 1. The molecule has 0 amide bonds. The van der Waals surface area contributed by atoms with Crippen molar-refractivity contribution in [1.82, 2.24) is 14.5 Å². The van der Waals surface area contributed by atoms with Crippen molar-refractivity contribution in [2.75, 3.05) is 6.26 Å². The van der Waals surface area contributed by atoms with E-state index in [9.17, 15) is 0 Å². The number of pyridine rings is 1. The molecule has 21 heavy (non-hydrogen) atoms. The molecule has 0 spiro atoms. The summed E-state index contributed by atoms with van der Waals surface area (Å²) in [6.45, 7) is 2.96. The monoisotopic (exact) mass is 323 g/mol. The van der Waals surface area contributed by atoms with Crippen LogP contribution >= 0.6 is 23.4 Å². The first-order chi connectivity index (χ1) is 10.2. The summed E-state index contributed by atoms with van der Waals surface area (Å²) in [5.74, 6) is 0.948. The molecule has 3 nitrogen and oxygen atoms in total. The highest BCUT2D eigenvalue weighted by atomic mass is 35.5. The molecule has 0 aromatic carbocycles. The Hall–Kier alpha value is -0.740. The second-order valence-electron chi connectivity index (χ2n) is 5.97. The van der Waals surface area contributed by atoms with Gasteiger partial charge in [-0.25, -0.2) is 9.97 Å². The number of nitrogens with zero attached hydrogens (tertiary/aromatic N) is 3. The van der Waals surface area contributed by atoms with Gasteiger partial charge in [0.15, 0.2) is 5.65 Å². The first kappa shape index (κ1) is 15.2. The van der Waals surface area contributed by atoms with Crippen LogP contribution in [0.4, 0.5) is 0 Å². The first-order valence-electron chi connectivity index (χ1n) is 7.66. The Bertz CT molecular complexity index is 617. The molecule has 0 aliphatic heterocycles. The zero-order chi connectivity index (χ0) is 14.9. The fourth-order valence-corrected chi connectivity index (χ4v) is 4.47. The maximum atomic E-state index is 6.37. The highest BCUT2D eigenvalue weighted by molar-refractivity contribution is 8.00. The second kappa shape index (κ2) is 6.17. The van der Waals surface area contributed by atoms with E-state index in [1.807, 2.05) is 37.0 Å². The van der Waals surface area contributed by atoms with Gasteiger partial charge < -0.3 is 4.57 Å². The van der Waals surface area contributed by atoms with Crippen LogP contribution in [0, 0.1) is 0 Å². The molecule has 2 aromatic rings. The normalized spacial score (nSPS) is 19.8. The molecular weight excluding hydrogens is 302 g/mol. The van der Waals surface area contributed by atoms with Crippen molar-refractivity contribution in [3.63, 3.8) is 0 Å². The van der Waals surface area contributed by atoms with Gasteiger partial charge in [0.1, 0.15) is 11.3 Å². The van der Waals surface area contributed by atoms with Gasteiger partial charge in [-0.2, -0.15) is 11.8 Å². The summed E-state index contributed by atoms with van der Waals surface area (Å²) < 4.78 is 2.57. The highest BCUT2D eigenvalue weighted by Crippen LogP contribution is 2.41. The van der Waals surface area contributed by atoms with Crippen molar-refractivity contribution in [2.45, 2.75) is 55.7 Å². The Kier molecular flexibility index (Phi) is 4.46. The number of thioether (sulfide) groups is 1. The molecule has 0 radical (unpaired) electrons. The van der Waals surface area contributed by atoms with Crippen molar-refractivity contribution in [1.29, 1.82) is 0 Å². The van der Waals surface area contributed by atoms with Gasteiger partial charge in [0.2, 0.25) is 0 Å². The van der Waals surface area contributed by atoms with Crippen LogP contribution in [-0.2, 0) is 6.54 Å². The van der Waals surface area contributed by atoms with Gasteiger partial charge in [-0.3, -0.25) is 0 Å². The standard InChI is InChI=1S/C16H22ClN3S/c1-12(17)14-19-13-7-6-10-18-15(13)20(14)11-16(21-2)8-4-3-5-9-16/h6-7,10,12H,3-5,8-9,11H2,1-2H3. The molecule has 0 saturated heterocycles. The van der Waals surface area contributed by atoms with Crippen molar-refractivity contribution < 1.29 is 0 Å². The van der Waals surface area contributed by atoms with E-state index < -0.39 is 0 Å². The smallest absolute Gasteiger partial charge is 0.160 e. The molecule has 0 bridgehead atoms. The van der Waals surface area contributed by atoms with Crippen LogP contribution in [0.3, 0.4) is 0 Å². The number of hydrogen-bond acceptors (Lipinski definition) is 3. The third-order valence-corrected chi connectivity index (χ3v) is 6.13. The number of alkyl halides is 1. The Balaban J connectivity index is 2.03. The third-order valence-electron chi connectivity index (χ3n) is 4.53. The highest BCUT2D eigenvalue weighted by Gasteiger charge is 2.33. The second-order valence-corrected chi connectivity index (χ2v) is 7.90. The summed E-state index contributed by atoms with van der Waals surface area (Å²) in [5, 5.41) is -0.0957. The average Bonchev–Trinajstić information content (AvgIpc) is 2.87. The zero-order valence-corrected chi connectivity index (χ0v) is 14.3. The van der Waals surface area contributed by atoms with Crippen LogP contribution in [-0.4, -0.2) is 25.5 Å². The Morgan fingerprint density at radius 3 is 2.81 bits per heavy atom. The van der Waals surface area contributed by atoms with E-state index in [2.05, 4.69) is 15.8 Å². The molecule has 114 valence electrons. The summed E-state index contributed by atoms with van der Waals surface area (Å²) in [6, 6.07) is 3.96. The fourth-order valence-electron chi connectivity index (χ4n) is 3.35. The van der Waals surface area contributed by atoms with Crippen molar-refractivity contribution in [3.05, 3.63) is 24.2 Å². The summed E-state index contributed by atoms with van der Waals surface area (Å²) in [7, 11) is 0. The number of fused-ring (bicyclic) bond motifs is 1. The predicted octanol–water partition coefficient (Wildman–Crippen LogP) is 4.80. The first-order valence-corrected chi connectivity index (χ1v) is 9.32. The van der Waals surface area contributed by atoms with Crippen LogP contribution in [0.5, 0.6) is 0 Å². The molecule has 1 aliphatic rings. The van der Waals surface area contributed by atoms with E-state index in [0.29, 0.717) is 4.75 Å². The molecule has 1 unspecified atom stereocenters. The topological polar surface area (TPSA) is 30.7 Å².